The van der Waals surface area contributed by atoms with Gasteiger partial charge in [0, 0.05) is 12.1 Å². The Balaban J connectivity index is 1.52. The molecule has 1 aromatic rings. The van der Waals surface area contributed by atoms with E-state index in [1.54, 1.807) is 6.07 Å². The minimum atomic E-state index is -4.37. The molecule has 0 aliphatic heterocycles. The normalized spacial score (nSPS) is 28.6. The third kappa shape index (κ3) is 3.37. The zero-order valence-corrected chi connectivity index (χ0v) is 13.9. The Morgan fingerprint density at radius 2 is 2.00 bits per heavy atom. The molecule has 24 heavy (non-hydrogen) atoms. The number of amides is 2. The van der Waals surface area contributed by atoms with E-state index in [4.69, 9.17) is 0 Å². The molecule has 2 N–H and O–H groups in total. The number of carbonyl (C=O) groups is 1. The Hall–Kier alpha value is -1.72. The monoisotopic (exact) mass is 340 g/mol. The van der Waals surface area contributed by atoms with Gasteiger partial charge in [-0.2, -0.15) is 13.2 Å². The number of urea groups is 1. The molecule has 0 spiro atoms. The van der Waals surface area contributed by atoms with Crippen LogP contribution in [0, 0.1) is 17.8 Å². The summed E-state index contributed by atoms with van der Waals surface area (Å²) in [5, 5.41) is 5.73. The van der Waals surface area contributed by atoms with Crippen molar-refractivity contribution in [1.29, 1.82) is 0 Å². The minimum absolute atomic E-state index is 0.0862. The van der Waals surface area contributed by atoms with E-state index in [2.05, 4.69) is 24.5 Å². The molecule has 1 unspecified atom stereocenters. The second-order valence-corrected chi connectivity index (χ2v) is 7.57. The standard InChI is InChI=1S/C18H23F3N2O/c1-11(2)15-9-17(7-13(15)8-17)23-16(24)22-10-12-4-3-5-14(6-12)18(19,20)21/h3-6,11,13,15H,7-10H2,1-2H3,(H2,22,23,24). The Labute approximate surface area is 140 Å². The summed E-state index contributed by atoms with van der Waals surface area (Å²) in [6.07, 6.45) is -1.32. The van der Waals surface area contributed by atoms with Crippen molar-refractivity contribution >= 4 is 6.03 Å². The fraction of sp³-hybridized carbons (Fsp3) is 0.611. The van der Waals surface area contributed by atoms with E-state index in [0.717, 1.165) is 31.4 Å². The van der Waals surface area contributed by atoms with Crippen LogP contribution >= 0.6 is 0 Å². The van der Waals surface area contributed by atoms with Gasteiger partial charge >= 0.3 is 12.2 Å². The third-order valence-electron chi connectivity index (χ3n) is 5.48. The fourth-order valence-electron chi connectivity index (χ4n) is 4.29. The maximum absolute atomic E-state index is 12.7. The van der Waals surface area contributed by atoms with Crippen molar-refractivity contribution in [1.82, 2.24) is 10.6 Å². The van der Waals surface area contributed by atoms with E-state index in [-0.39, 0.29) is 18.1 Å². The van der Waals surface area contributed by atoms with Crippen LogP contribution in [0.4, 0.5) is 18.0 Å². The number of rotatable bonds is 4. The van der Waals surface area contributed by atoms with Crippen molar-refractivity contribution < 1.29 is 18.0 Å². The molecule has 0 heterocycles. The summed E-state index contributed by atoms with van der Waals surface area (Å²) in [4.78, 5) is 12.1. The van der Waals surface area contributed by atoms with E-state index in [1.165, 1.54) is 6.07 Å². The lowest BCUT2D eigenvalue weighted by Crippen LogP contribution is -2.54. The summed E-state index contributed by atoms with van der Waals surface area (Å²) in [6, 6.07) is 4.74. The molecule has 3 aliphatic carbocycles. The number of halogens is 3. The Bertz CT molecular complexity index is 621. The lowest BCUT2D eigenvalue weighted by molar-refractivity contribution is -0.137. The molecule has 3 fully saturated rings. The summed E-state index contributed by atoms with van der Waals surface area (Å²) in [7, 11) is 0. The van der Waals surface area contributed by atoms with Crippen LogP contribution < -0.4 is 10.6 Å². The third-order valence-corrected chi connectivity index (χ3v) is 5.48. The molecule has 0 radical (unpaired) electrons. The lowest BCUT2D eigenvalue weighted by Gasteiger charge is -2.39. The molecule has 3 nitrogen and oxygen atoms in total. The first kappa shape index (κ1) is 17.1. The molecule has 4 rings (SSSR count). The zero-order chi connectivity index (χ0) is 17.5. The van der Waals surface area contributed by atoms with Gasteiger partial charge in [0.1, 0.15) is 0 Å². The van der Waals surface area contributed by atoms with E-state index in [9.17, 15) is 18.0 Å². The van der Waals surface area contributed by atoms with Gasteiger partial charge in [0.25, 0.3) is 0 Å². The largest absolute Gasteiger partial charge is 0.416 e. The van der Waals surface area contributed by atoms with Crippen LogP contribution in [0.3, 0.4) is 0 Å². The van der Waals surface area contributed by atoms with Crippen molar-refractivity contribution in [2.45, 2.75) is 51.4 Å². The van der Waals surface area contributed by atoms with Crippen molar-refractivity contribution in [3.8, 4) is 0 Å². The summed E-state index contributed by atoms with van der Waals surface area (Å²) in [5.74, 6) is 1.98. The van der Waals surface area contributed by atoms with E-state index >= 15 is 0 Å². The van der Waals surface area contributed by atoms with Crippen LogP contribution in [0.5, 0.6) is 0 Å². The second-order valence-electron chi connectivity index (χ2n) is 7.57. The summed E-state index contributed by atoms with van der Waals surface area (Å²) >= 11 is 0. The molecular weight excluding hydrogens is 317 g/mol. The summed E-state index contributed by atoms with van der Waals surface area (Å²) in [6.45, 7) is 4.52. The van der Waals surface area contributed by atoms with Crippen LogP contribution in [0.15, 0.2) is 24.3 Å². The molecule has 3 aliphatic rings. The van der Waals surface area contributed by atoms with Crippen molar-refractivity contribution in [3.05, 3.63) is 35.4 Å². The first-order chi connectivity index (χ1) is 11.2. The van der Waals surface area contributed by atoms with Gasteiger partial charge in [-0.25, -0.2) is 4.79 Å². The van der Waals surface area contributed by atoms with Gasteiger partial charge in [0.15, 0.2) is 0 Å². The molecule has 3 saturated carbocycles. The zero-order valence-electron chi connectivity index (χ0n) is 13.9. The van der Waals surface area contributed by atoms with Crippen LogP contribution in [-0.4, -0.2) is 11.6 Å². The topological polar surface area (TPSA) is 41.1 Å². The van der Waals surface area contributed by atoms with Crippen LogP contribution in [-0.2, 0) is 12.7 Å². The van der Waals surface area contributed by atoms with Gasteiger partial charge in [-0.1, -0.05) is 26.0 Å². The Kier molecular flexibility index (Phi) is 4.26. The molecular formula is C18H23F3N2O. The average molecular weight is 340 g/mol. The molecule has 2 bridgehead atoms. The van der Waals surface area contributed by atoms with Gasteiger partial charge in [-0.05, 0) is 54.7 Å². The number of hydrogen-bond donors (Lipinski definition) is 2. The van der Waals surface area contributed by atoms with Gasteiger partial charge in [0.2, 0.25) is 0 Å². The summed E-state index contributed by atoms with van der Waals surface area (Å²) in [5.41, 5.74) is -0.356. The highest BCUT2D eigenvalue weighted by Crippen LogP contribution is 2.57. The second kappa shape index (κ2) is 5.97. The molecule has 132 valence electrons. The van der Waals surface area contributed by atoms with Crippen molar-refractivity contribution in [2.24, 2.45) is 17.8 Å². The SMILES string of the molecule is CC(C)C1CC2(NC(=O)NCc3cccc(C(F)(F)F)c3)CC1C2. The number of nitrogens with one attached hydrogen (secondary N) is 2. The fourth-order valence-corrected chi connectivity index (χ4v) is 4.29. The molecule has 2 amide bonds. The van der Waals surface area contributed by atoms with Gasteiger partial charge in [0.05, 0.1) is 5.56 Å². The lowest BCUT2D eigenvalue weighted by atomic mass is 9.75. The molecule has 0 saturated heterocycles. The van der Waals surface area contributed by atoms with Crippen molar-refractivity contribution in [2.75, 3.05) is 0 Å². The highest BCUT2D eigenvalue weighted by Gasteiger charge is 2.57. The van der Waals surface area contributed by atoms with Gasteiger partial charge in [-0.3, -0.25) is 0 Å². The number of alkyl halides is 3. The molecule has 6 heteroatoms. The average Bonchev–Trinajstić information content (AvgIpc) is 3.00. The van der Waals surface area contributed by atoms with E-state index in [0.29, 0.717) is 23.3 Å². The van der Waals surface area contributed by atoms with E-state index in [1.807, 2.05) is 0 Å². The highest BCUT2D eigenvalue weighted by atomic mass is 19.4. The number of carbonyl (C=O) groups excluding carboxylic acids is 1. The van der Waals surface area contributed by atoms with E-state index < -0.39 is 11.7 Å². The molecule has 0 aromatic heterocycles. The highest BCUT2D eigenvalue weighted by molar-refractivity contribution is 5.75. The molecule has 1 atom stereocenters. The Morgan fingerprint density at radius 1 is 1.29 bits per heavy atom. The quantitative estimate of drug-likeness (QED) is 0.842. The maximum atomic E-state index is 12.7. The minimum Gasteiger partial charge on any atom is -0.334 e. The maximum Gasteiger partial charge on any atom is 0.416 e. The van der Waals surface area contributed by atoms with Crippen molar-refractivity contribution in [3.63, 3.8) is 0 Å². The predicted octanol–water partition coefficient (Wildman–Crippen LogP) is 4.33. The molecule has 1 aromatic carbocycles. The first-order valence-corrected chi connectivity index (χ1v) is 8.41. The first-order valence-electron chi connectivity index (χ1n) is 8.41. The van der Waals surface area contributed by atoms with Gasteiger partial charge in [-0.15, -0.1) is 0 Å². The van der Waals surface area contributed by atoms with Crippen LogP contribution in [0.1, 0.15) is 44.2 Å². The number of fused-ring (bicyclic) bond motifs is 1. The number of benzene rings is 1. The Morgan fingerprint density at radius 3 is 2.58 bits per heavy atom. The summed E-state index contributed by atoms with van der Waals surface area (Å²) < 4.78 is 38.1. The smallest absolute Gasteiger partial charge is 0.334 e. The van der Waals surface area contributed by atoms with Crippen LogP contribution in [0.25, 0.3) is 0 Å². The predicted molar refractivity (Wildman–Crippen MR) is 85.2 cm³/mol. The number of hydrogen-bond acceptors (Lipinski definition) is 1. The van der Waals surface area contributed by atoms with Crippen LogP contribution in [0.2, 0.25) is 0 Å². The van der Waals surface area contributed by atoms with Gasteiger partial charge < -0.3 is 10.6 Å².